The smallest absolute Gasteiger partial charge is 0.342 e. The number of rotatable bonds is 1. The number of cyclic esters (lactones) is 1. The van der Waals surface area contributed by atoms with Gasteiger partial charge in [0.1, 0.15) is 36.4 Å². The predicted molar refractivity (Wildman–Crippen MR) is 99.4 cm³/mol. The Morgan fingerprint density at radius 1 is 1.30 bits per heavy atom. The molecule has 0 saturated carbocycles. The number of nitrogens with zero attached hydrogens (tertiary/aromatic N) is 1. The Labute approximate surface area is 161 Å². The normalized spacial score (nSPS) is 26.7. The van der Waals surface area contributed by atoms with Gasteiger partial charge in [0.15, 0.2) is 0 Å². The molecule has 2 N–H and O–H groups in total. The van der Waals surface area contributed by atoms with Crippen LogP contribution in [0.3, 0.4) is 0 Å². The van der Waals surface area contributed by atoms with Gasteiger partial charge in [0, 0.05) is 18.9 Å². The van der Waals surface area contributed by atoms with Crippen molar-refractivity contribution < 1.29 is 29.3 Å². The lowest BCUT2D eigenvalue weighted by molar-refractivity contribution is 0.0306. The van der Waals surface area contributed by atoms with Crippen molar-refractivity contribution in [3.8, 4) is 11.5 Å². The van der Waals surface area contributed by atoms with Crippen LogP contribution in [0.15, 0.2) is 35.5 Å². The molecule has 0 amide bonds. The molecule has 2 heterocycles. The maximum absolute atomic E-state index is 12.7. The van der Waals surface area contributed by atoms with E-state index in [9.17, 15) is 15.0 Å². The molecule has 8 heteroatoms. The molecule has 1 aromatic carbocycles. The molecule has 1 fully saturated rings. The SMILES string of the molecule is CON=C1C=CC=C[C@@H]2O[C@H]2C[C@@H](C)OC(=O)c2c(O)cc(O)c(Cl)c2C1. The van der Waals surface area contributed by atoms with E-state index < -0.39 is 17.8 Å². The highest BCUT2D eigenvalue weighted by molar-refractivity contribution is 6.33. The van der Waals surface area contributed by atoms with Gasteiger partial charge in [0.2, 0.25) is 0 Å². The van der Waals surface area contributed by atoms with Crippen LogP contribution in [0.25, 0.3) is 0 Å². The molecule has 0 bridgehead atoms. The van der Waals surface area contributed by atoms with Crippen LogP contribution in [0.4, 0.5) is 0 Å². The lowest BCUT2D eigenvalue weighted by Gasteiger charge is -2.17. The van der Waals surface area contributed by atoms with Crippen molar-refractivity contribution in [3.05, 3.63) is 46.5 Å². The quantitative estimate of drug-likeness (QED) is 0.432. The van der Waals surface area contributed by atoms with Crippen molar-refractivity contribution in [2.75, 3.05) is 7.11 Å². The molecule has 1 aromatic rings. The first-order chi connectivity index (χ1) is 12.9. The van der Waals surface area contributed by atoms with Crippen LogP contribution >= 0.6 is 11.6 Å². The number of epoxide rings is 1. The molecule has 0 spiro atoms. The van der Waals surface area contributed by atoms with Crippen LogP contribution in [0.5, 0.6) is 11.5 Å². The fourth-order valence-corrected chi connectivity index (χ4v) is 3.19. The second-order valence-electron chi connectivity index (χ2n) is 6.36. The first-order valence-corrected chi connectivity index (χ1v) is 8.83. The van der Waals surface area contributed by atoms with Crippen LogP contribution in [-0.4, -0.2) is 47.3 Å². The Balaban J connectivity index is 2.06. The monoisotopic (exact) mass is 393 g/mol. The van der Waals surface area contributed by atoms with Gasteiger partial charge in [-0.05, 0) is 18.6 Å². The van der Waals surface area contributed by atoms with Gasteiger partial charge in [0.05, 0.1) is 16.8 Å². The first-order valence-electron chi connectivity index (χ1n) is 8.45. The zero-order valence-corrected chi connectivity index (χ0v) is 15.6. The Kier molecular flexibility index (Phi) is 5.72. The van der Waals surface area contributed by atoms with E-state index in [0.717, 1.165) is 6.07 Å². The molecule has 3 rings (SSSR count). The first kappa shape index (κ1) is 19.3. The van der Waals surface area contributed by atoms with Crippen LogP contribution in [0.1, 0.15) is 29.3 Å². The Morgan fingerprint density at radius 2 is 2.07 bits per heavy atom. The summed E-state index contributed by atoms with van der Waals surface area (Å²) >= 11 is 6.21. The third-order valence-corrected chi connectivity index (χ3v) is 4.71. The number of halogens is 1. The summed E-state index contributed by atoms with van der Waals surface area (Å²) in [4.78, 5) is 17.5. The summed E-state index contributed by atoms with van der Waals surface area (Å²) in [5.41, 5.74) is 0.526. The molecule has 0 unspecified atom stereocenters. The van der Waals surface area contributed by atoms with E-state index in [0.29, 0.717) is 12.1 Å². The van der Waals surface area contributed by atoms with Gasteiger partial charge in [-0.25, -0.2) is 4.79 Å². The third-order valence-electron chi connectivity index (χ3n) is 4.29. The number of benzene rings is 1. The molecule has 0 radical (unpaired) electrons. The van der Waals surface area contributed by atoms with Crippen molar-refractivity contribution in [3.63, 3.8) is 0 Å². The Bertz CT molecular complexity index is 832. The summed E-state index contributed by atoms with van der Waals surface area (Å²) in [5.74, 6) is -1.50. The van der Waals surface area contributed by atoms with E-state index in [2.05, 4.69) is 5.16 Å². The van der Waals surface area contributed by atoms with Gasteiger partial charge >= 0.3 is 5.97 Å². The molecule has 3 atom stereocenters. The highest BCUT2D eigenvalue weighted by atomic mass is 35.5. The number of phenols is 2. The lowest BCUT2D eigenvalue weighted by Crippen LogP contribution is -2.19. The molecule has 27 heavy (non-hydrogen) atoms. The second-order valence-corrected chi connectivity index (χ2v) is 6.74. The molecule has 0 aliphatic carbocycles. The second kappa shape index (κ2) is 8.02. The van der Waals surface area contributed by atoms with E-state index in [1.807, 2.05) is 12.2 Å². The minimum absolute atomic E-state index is 0.0198. The average Bonchev–Trinajstić information content (AvgIpc) is 3.32. The van der Waals surface area contributed by atoms with Crippen molar-refractivity contribution in [2.24, 2.45) is 5.16 Å². The fraction of sp³-hybridized carbons (Fsp3) is 0.368. The van der Waals surface area contributed by atoms with Crippen molar-refractivity contribution in [1.82, 2.24) is 0 Å². The topological polar surface area (TPSA) is 101 Å². The summed E-state index contributed by atoms with van der Waals surface area (Å²) in [6.07, 6.45) is 7.29. The lowest BCUT2D eigenvalue weighted by atomic mass is 9.99. The maximum Gasteiger partial charge on any atom is 0.342 e. The van der Waals surface area contributed by atoms with Gasteiger partial charge in [-0.15, -0.1) is 0 Å². The number of fused-ring (bicyclic) bond motifs is 2. The summed E-state index contributed by atoms with van der Waals surface area (Å²) < 4.78 is 11.0. The number of hydrogen-bond acceptors (Lipinski definition) is 7. The number of esters is 1. The van der Waals surface area contributed by atoms with Crippen LogP contribution in [0, 0.1) is 0 Å². The maximum atomic E-state index is 12.7. The standard InChI is InChI=1S/C19H20ClNO6/c1-10-7-16-15(27-16)6-4-3-5-11(21-25-2)8-12-17(19(24)26-10)13(22)9-14(23)18(12)20/h3-6,9-10,15-16,22-23H,7-8H2,1-2H3/t10-,15+,16+/m1/s1. The highest BCUT2D eigenvalue weighted by Crippen LogP contribution is 2.38. The van der Waals surface area contributed by atoms with Gasteiger partial charge < -0.3 is 24.5 Å². The number of carbonyl (C=O) groups excluding carboxylic acids is 1. The minimum Gasteiger partial charge on any atom is -0.507 e. The van der Waals surface area contributed by atoms with Crippen LogP contribution in [-0.2, 0) is 20.7 Å². The molecular formula is C19H20ClNO6. The minimum atomic E-state index is -0.734. The molecule has 144 valence electrons. The largest absolute Gasteiger partial charge is 0.507 e. The zero-order chi connectivity index (χ0) is 19.6. The van der Waals surface area contributed by atoms with Crippen molar-refractivity contribution in [1.29, 1.82) is 0 Å². The summed E-state index contributed by atoms with van der Waals surface area (Å²) in [6, 6.07) is 1.02. The summed E-state index contributed by atoms with van der Waals surface area (Å²) in [7, 11) is 1.39. The predicted octanol–water partition coefficient (Wildman–Crippen LogP) is 3.12. The number of ether oxygens (including phenoxy) is 2. The molecule has 0 aromatic heterocycles. The Hall–Kier alpha value is -2.51. The van der Waals surface area contributed by atoms with Gasteiger partial charge in [-0.3, -0.25) is 0 Å². The third kappa shape index (κ3) is 4.43. The number of hydrogen-bond donors (Lipinski definition) is 2. The van der Waals surface area contributed by atoms with Crippen LogP contribution < -0.4 is 0 Å². The number of oxime groups is 1. The average molecular weight is 394 g/mol. The van der Waals surface area contributed by atoms with Gasteiger partial charge in [-0.1, -0.05) is 35.0 Å². The summed E-state index contributed by atoms with van der Waals surface area (Å²) in [5, 5.41) is 24.1. The summed E-state index contributed by atoms with van der Waals surface area (Å²) in [6.45, 7) is 1.75. The number of allylic oxidation sites excluding steroid dienone is 3. The fourth-order valence-electron chi connectivity index (χ4n) is 2.97. The molecular weight excluding hydrogens is 374 g/mol. The number of phenolic OH excluding ortho intramolecular Hbond substituents is 2. The molecule has 7 nitrogen and oxygen atoms in total. The van der Waals surface area contributed by atoms with E-state index >= 15 is 0 Å². The van der Waals surface area contributed by atoms with E-state index in [1.54, 1.807) is 19.1 Å². The number of aromatic hydroxyl groups is 2. The van der Waals surface area contributed by atoms with E-state index in [4.69, 9.17) is 25.9 Å². The number of carbonyl (C=O) groups is 1. The van der Waals surface area contributed by atoms with Gasteiger partial charge in [-0.2, -0.15) is 0 Å². The highest BCUT2D eigenvalue weighted by Gasteiger charge is 2.38. The van der Waals surface area contributed by atoms with Crippen LogP contribution in [0.2, 0.25) is 5.02 Å². The van der Waals surface area contributed by atoms with E-state index in [1.165, 1.54) is 7.11 Å². The Morgan fingerprint density at radius 3 is 2.81 bits per heavy atom. The molecule has 2 aliphatic rings. The van der Waals surface area contributed by atoms with Crippen molar-refractivity contribution in [2.45, 2.75) is 38.1 Å². The van der Waals surface area contributed by atoms with E-state index in [-0.39, 0.29) is 40.5 Å². The van der Waals surface area contributed by atoms with Gasteiger partial charge in [0.25, 0.3) is 0 Å². The molecule has 1 saturated heterocycles. The molecule has 2 aliphatic heterocycles. The van der Waals surface area contributed by atoms with Crippen molar-refractivity contribution >= 4 is 23.3 Å². The zero-order valence-electron chi connectivity index (χ0n) is 14.9.